The van der Waals surface area contributed by atoms with Gasteiger partial charge in [0, 0.05) is 12.3 Å². The van der Waals surface area contributed by atoms with Gasteiger partial charge in [0.2, 0.25) is 5.76 Å². The molecule has 0 aliphatic carbocycles. The Morgan fingerprint density at radius 2 is 2.25 bits per heavy atom. The van der Waals surface area contributed by atoms with E-state index >= 15 is 0 Å². The van der Waals surface area contributed by atoms with Gasteiger partial charge in [-0.1, -0.05) is 13.8 Å². The van der Waals surface area contributed by atoms with E-state index in [9.17, 15) is 13.6 Å². The topological polar surface area (TPSA) is 70.1 Å². The molecular weight excluding hydrogens is 268 g/mol. The van der Waals surface area contributed by atoms with Crippen molar-refractivity contribution < 1.29 is 18.0 Å². The monoisotopic (exact) mass is 283 g/mol. The zero-order valence-electron chi connectivity index (χ0n) is 11.5. The standard InChI is InChI=1S/C13H15F2N3O2/c1-7(2)11-17-8(3)10(20-11)12(19)18-6-13(14,15)4-9(18)5-16/h7,9H,4,6H2,1-3H3. The smallest absolute Gasteiger partial charge is 0.292 e. The van der Waals surface area contributed by atoms with Crippen LogP contribution in [0.4, 0.5) is 8.78 Å². The van der Waals surface area contributed by atoms with Crippen LogP contribution in [0.1, 0.15) is 48.3 Å². The first kappa shape index (κ1) is 14.4. The average Bonchev–Trinajstić information content (AvgIpc) is 2.88. The number of alkyl halides is 2. The summed E-state index contributed by atoms with van der Waals surface area (Å²) in [6.07, 6.45) is -0.639. The molecular formula is C13H15F2N3O2. The van der Waals surface area contributed by atoms with E-state index in [0.29, 0.717) is 11.6 Å². The highest BCUT2D eigenvalue weighted by Crippen LogP contribution is 2.33. The molecule has 0 N–H and O–H groups in total. The van der Waals surface area contributed by atoms with Gasteiger partial charge >= 0.3 is 0 Å². The van der Waals surface area contributed by atoms with Crippen molar-refractivity contribution in [2.24, 2.45) is 0 Å². The molecule has 1 aromatic heterocycles. The van der Waals surface area contributed by atoms with Gasteiger partial charge in [-0.3, -0.25) is 4.79 Å². The van der Waals surface area contributed by atoms with Crippen molar-refractivity contribution in [2.75, 3.05) is 6.54 Å². The molecule has 108 valence electrons. The molecule has 7 heteroatoms. The van der Waals surface area contributed by atoms with Gasteiger partial charge in [-0.2, -0.15) is 5.26 Å². The van der Waals surface area contributed by atoms with Crippen LogP contribution in [0.3, 0.4) is 0 Å². The number of rotatable bonds is 2. The first-order valence-electron chi connectivity index (χ1n) is 6.31. The minimum Gasteiger partial charge on any atom is -0.435 e. The lowest BCUT2D eigenvalue weighted by Crippen LogP contribution is -2.36. The van der Waals surface area contributed by atoms with E-state index in [0.717, 1.165) is 4.90 Å². The van der Waals surface area contributed by atoms with E-state index < -0.39 is 30.8 Å². The average molecular weight is 283 g/mol. The van der Waals surface area contributed by atoms with Gasteiger partial charge in [0.25, 0.3) is 11.8 Å². The maximum atomic E-state index is 13.4. The summed E-state index contributed by atoms with van der Waals surface area (Å²) in [6.45, 7) is 4.52. The summed E-state index contributed by atoms with van der Waals surface area (Å²) in [5, 5.41) is 8.90. The first-order chi connectivity index (χ1) is 9.25. The third kappa shape index (κ3) is 2.50. The normalized spacial score (nSPS) is 21.2. The number of hydrogen-bond acceptors (Lipinski definition) is 4. The Balaban J connectivity index is 2.30. The van der Waals surface area contributed by atoms with Gasteiger partial charge in [0.1, 0.15) is 6.04 Å². The van der Waals surface area contributed by atoms with Crippen LogP contribution in [0, 0.1) is 18.3 Å². The number of halogens is 2. The predicted molar refractivity (Wildman–Crippen MR) is 65.3 cm³/mol. The molecule has 0 spiro atoms. The lowest BCUT2D eigenvalue weighted by Gasteiger charge is -2.17. The first-order valence-corrected chi connectivity index (χ1v) is 6.31. The van der Waals surface area contributed by atoms with Gasteiger partial charge < -0.3 is 9.32 Å². The van der Waals surface area contributed by atoms with Crippen molar-refractivity contribution in [3.05, 3.63) is 17.3 Å². The second-order valence-corrected chi connectivity index (χ2v) is 5.26. The maximum Gasteiger partial charge on any atom is 0.292 e. The van der Waals surface area contributed by atoms with Crippen LogP contribution in [-0.4, -0.2) is 34.3 Å². The lowest BCUT2D eigenvalue weighted by atomic mass is 10.2. The molecule has 0 radical (unpaired) electrons. The lowest BCUT2D eigenvalue weighted by molar-refractivity contribution is 0.0114. The van der Waals surface area contributed by atoms with Gasteiger partial charge in [0.15, 0.2) is 5.89 Å². The summed E-state index contributed by atoms with van der Waals surface area (Å²) >= 11 is 0. The molecule has 1 atom stereocenters. The minimum absolute atomic E-state index is 0.0120. The van der Waals surface area contributed by atoms with E-state index in [1.807, 2.05) is 13.8 Å². The molecule has 0 saturated carbocycles. The number of oxazole rings is 1. The molecule has 2 heterocycles. The highest BCUT2D eigenvalue weighted by atomic mass is 19.3. The largest absolute Gasteiger partial charge is 0.435 e. The van der Waals surface area contributed by atoms with E-state index in [1.165, 1.54) is 0 Å². The summed E-state index contributed by atoms with van der Waals surface area (Å²) in [6, 6.07) is 0.598. The summed E-state index contributed by atoms with van der Waals surface area (Å²) in [5.74, 6) is -3.44. The Hall–Kier alpha value is -1.97. The molecule has 1 fully saturated rings. The molecule has 1 saturated heterocycles. The Morgan fingerprint density at radius 3 is 2.75 bits per heavy atom. The molecule has 1 aromatic rings. The number of nitrogens with zero attached hydrogens (tertiary/aromatic N) is 3. The Morgan fingerprint density at radius 1 is 1.60 bits per heavy atom. The zero-order valence-corrected chi connectivity index (χ0v) is 11.5. The van der Waals surface area contributed by atoms with Gasteiger partial charge in [-0.05, 0) is 6.92 Å². The molecule has 0 bridgehead atoms. The molecule has 1 aliphatic rings. The predicted octanol–water partition coefficient (Wildman–Crippen LogP) is 2.48. The molecule has 0 aromatic carbocycles. The summed E-state index contributed by atoms with van der Waals surface area (Å²) in [5.41, 5.74) is 0.352. The minimum atomic E-state index is -3.04. The number of hydrogen-bond donors (Lipinski definition) is 0. The fraction of sp³-hybridized carbons (Fsp3) is 0.615. The van der Waals surface area contributed by atoms with E-state index in [4.69, 9.17) is 9.68 Å². The fourth-order valence-corrected chi connectivity index (χ4v) is 2.14. The number of amides is 1. The van der Waals surface area contributed by atoms with Crippen LogP contribution in [0.25, 0.3) is 0 Å². The quantitative estimate of drug-likeness (QED) is 0.836. The summed E-state index contributed by atoms with van der Waals surface area (Å²) in [7, 11) is 0. The van der Waals surface area contributed by atoms with Crippen molar-refractivity contribution in [3.8, 4) is 6.07 Å². The number of carbonyl (C=O) groups excluding carboxylic acids is 1. The number of carbonyl (C=O) groups is 1. The van der Waals surface area contributed by atoms with Crippen molar-refractivity contribution >= 4 is 5.91 Å². The molecule has 5 nitrogen and oxygen atoms in total. The second kappa shape index (κ2) is 4.85. The van der Waals surface area contributed by atoms with Crippen LogP contribution >= 0.6 is 0 Å². The van der Waals surface area contributed by atoms with Crippen molar-refractivity contribution in [1.82, 2.24) is 9.88 Å². The number of aryl methyl sites for hydroxylation is 1. The van der Waals surface area contributed by atoms with Crippen LogP contribution in [0.2, 0.25) is 0 Å². The fourth-order valence-electron chi connectivity index (χ4n) is 2.14. The van der Waals surface area contributed by atoms with Crippen LogP contribution < -0.4 is 0 Å². The van der Waals surface area contributed by atoms with Gasteiger partial charge in [-0.15, -0.1) is 0 Å². The number of nitriles is 1. The highest BCUT2D eigenvalue weighted by Gasteiger charge is 2.48. The van der Waals surface area contributed by atoms with Gasteiger partial charge in [0.05, 0.1) is 18.3 Å². The number of aromatic nitrogens is 1. The number of likely N-dealkylation sites (tertiary alicyclic amines) is 1. The van der Waals surface area contributed by atoms with Crippen LogP contribution in [-0.2, 0) is 0 Å². The molecule has 20 heavy (non-hydrogen) atoms. The van der Waals surface area contributed by atoms with E-state index in [1.54, 1.807) is 13.0 Å². The third-order valence-corrected chi connectivity index (χ3v) is 3.18. The Labute approximate surface area is 115 Å². The zero-order chi connectivity index (χ0) is 15.1. The molecule has 1 amide bonds. The Bertz CT molecular complexity index is 575. The SMILES string of the molecule is Cc1nc(C(C)C)oc1C(=O)N1CC(F)(F)CC1C#N. The van der Waals surface area contributed by atoms with Gasteiger partial charge in [-0.25, -0.2) is 13.8 Å². The van der Waals surface area contributed by atoms with E-state index in [2.05, 4.69) is 4.98 Å². The molecule has 1 unspecified atom stereocenters. The van der Waals surface area contributed by atoms with Crippen molar-refractivity contribution in [2.45, 2.75) is 45.1 Å². The second-order valence-electron chi connectivity index (χ2n) is 5.26. The van der Waals surface area contributed by atoms with E-state index in [-0.39, 0.29) is 11.7 Å². The molecule has 2 rings (SSSR count). The van der Waals surface area contributed by atoms with Crippen LogP contribution in [0.15, 0.2) is 4.42 Å². The molecule has 1 aliphatic heterocycles. The van der Waals surface area contributed by atoms with Crippen LogP contribution in [0.5, 0.6) is 0 Å². The third-order valence-electron chi connectivity index (χ3n) is 3.18. The Kier molecular flexibility index (Phi) is 3.50. The van der Waals surface area contributed by atoms with Crippen molar-refractivity contribution in [3.63, 3.8) is 0 Å². The maximum absolute atomic E-state index is 13.4. The summed E-state index contributed by atoms with van der Waals surface area (Å²) in [4.78, 5) is 17.2. The highest BCUT2D eigenvalue weighted by molar-refractivity contribution is 5.93. The summed E-state index contributed by atoms with van der Waals surface area (Å²) < 4.78 is 32.1. The van der Waals surface area contributed by atoms with Crippen molar-refractivity contribution in [1.29, 1.82) is 5.26 Å².